The minimum atomic E-state index is -0.188. The number of benzene rings is 1. The first-order chi connectivity index (χ1) is 11.5. The Morgan fingerprint density at radius 1 is 1.42 bits per heavy atom. The fourth-order valence-corrected chi connectivity index (χ4v) is 3.26. The second-order valence-corrected chi connectivity index (χ2v) is 7.10. The molecular formula is C18H24N4O2. The zero-order valence-corrected chi connectivity index (χ0v) is 14.2. The predicted octanol–water partition coefficient (Wildman–Crippen LogP) is 1.29. The molecule has 1 saturated heterocycles. The third kappa shape index (κ3) is 3.48. The summed E-state index contributed by atoms with van der Waals surface area (Å²) >= 11 is 0. The van der Waals surface area contributed by atoms with Crippen molar-refractivity contribution in [2.45, 2.75) is 39.3 Å². The van der Waals surface area contributed by atoms with Crippen molar-refractivity contribution in [1.29, 1.82) is 0 Å². The highest BCUT2D eigenvalue weighted by Crippen LogP contribution is 2.29. The SMILES string of the molecule is CC1(C)CCCNC1CNC(=O)Cn1cnc2ccccc2c1=O. The molecule has 0 saturated carbocycles. The predicted molar refractivity (Wildman–Crippen MR) is 93.8 cm³/mol. The maximum absolute atomic E-state index is 12.4. The lowest BCUT2D eigenvalue weighted by Crippen LogP contribution is -2.53. The maximum atomic E-state index is 12.4. The van der Waals surface area contributed by atoms with E-state index in [1.807, 2.05) is 6.07 Å². The Hall–Kier alpha value is -2.21. The fraction of sp³-hybridized carbons (Fsp3) is 0.500. The molecule has 2 aromatic rings. The molecule has 0 bridgehead atoms. The van der Waals surface area contributed by atoms with Crippen LogP contribution in [0.4, 0.5) is 0 Å². The molecule has 1 aromatic heterocycles. The highest BCUT2D eigenvalue weighted by atomic mass is 16.2. The molecule has 1 aromatic carbocycles. The van der Waals surface area contributed by atoms with E-state index >= 15 is 0 Å². The van der Waals surface area contributed by atoms with Crippen molar-refractivity contribution in [3.05, 3.63) is 40.9 Å². The van der Waals surface area contributed by atoms with Crippen LogP contribution in [0.5, 0.6) is 0 Å². The number of aromatic nitrogens is 2. The first kappa shape index (κ1) is 16.6. The van der Waals surface area contributed by atoms with Gasteiger partial charge in [0.05, 0.1) is 17.2 Å². The number of rotatable bonds is 4. The van der Waals surface area contributed by atoms with Crippen molar-refractivity contribution in [3.63, 3.8) is 0 Å². The number of carbonyl (C=O) groups excluding carboxylic acids is 1. The van der Waals surface area contributed by atoms with Gasteiger partial charge >= 0.3 is 0 Å². The van der Waals surface area contributed by atoms with E-state index in [4.69, 9.17) is 0 Å². The molecule has 1 aliphatic rings. The number of carbonyl (C=O) groups is 1. The van der Waals surface area contributed by atoms with Crippen molar-refractivity contribution in [1.82, 2.24) is 20.2 Å². The molecule has 1 amide bonds. The van der Waals surface area contributed by atoms with Gasteiger partial charge in [-0.05, 0) is 36.9 Å². The van der Waals surface area contributed by atoms with Crippen molar-refractivity contribution in [3.8, 4) is 0 Å². The van der Waals surface area contributed by atoms with Gasteiger partial charge in [-0.15, -0.1) is 0 Å². The molecule has 1 fully saturated rings. The van der Waals surface area contributed by atoms with Gasteiger partial charge in [0.15, 0.2) is 0 Å². The number of nitrogens with zero attached hydrogens (tertiary/aromatic N) is 2. The molecule has 6 heteroatoms. The Labute approximate surface area is 141 Å². The van der Waals surface area contributed by atoms with Crippen LogP contribution in [0.2, 0.25) is 0 Å². The van der Waals surface area contributed by atoms with E-state index in [2.05, 4.69) is 29.5 Å². The maximum Gasteiger partial charge on any atom is 0.261 e. The Kier molecular flexibility index (Phi) is 4.66. The molecule has 0 radical (unpaired) electrons. The van der Waals surface area contributed by atoms with Crippen LogP contribution >= 0.6 is 0 Å². The van der Waals surface area contributed by atoms with E-state index in [1.54, 1.807) is 18.2 Å². The second-order valence-electron chi connectivity index (χ2n) is 7.10. The van der Waals surface area contributed by atoms with Gasteiger partial charge in [-0.1, -0.05) is 26.0 Å². The van der Waals surface area contributed by atoms with Gasteiger partial charge in [0.25, 0.3) is 5.56 Å². The summed E-state index contributed by atoms with van der Waals surface area (Å²) in [6.07, 6.45) is 3.75. The molecule has 2 N–H and O–H groups in total. The molecular weight excluding hydrogens is 304 g/mol. The quantitative estimate of drug-likeness (QED) is 0.887. The van der Waals surface area contributed by atoms with Gasteiger partial charge in [-0.2, -0.15) is 0 Å². The van der Waals surface area contributed by atoms with Gasteiger partial charge in [0.1, 0.15) is 6.54 Å². The van der Waals surface area contributed by atoms with Crippen LogP contribution in [-0.4, -0.2) is 34.6 Å². The zero-order valence-electron chi connectivity index (χ0n) is 14.2. The Balaban J connectivity index is 1.65. The van der Waals surface area contributed by atoms with E-state index in [0.717, 1.165) is 19.4 Å². The van der Waals surface area contributed by atoms with Crippen LogP contribution in [0.1, 0.15) is 26.7 Å². The number of hydrogen-bond acceptors (Lipinski definition) is 4. The summed E-state index contributed by atoms with van der Waals surface area (Å²) in [4.78, 5) is 28.9. The van der Waals surface area contributed by atoms with E-state index in [0.29, 0.717) is 17.4 Å². The smallest absolute Gasteiger partial charge is 0.261 e. The number of hydrogen-bond donors (Lipinski definition) is 2. The first-order valence-corrected chi connectivity index (χ1v) is 8.42. The highest BCUT2D eigenvalue weighted by Gasteiger charge is 2.31. The first-order valence-electron chi connectivity index (χ1n) is 8.42. The summed E-state index contributed by atoms with van der Waals surface area (Å²) in [7, 11) is 0. The summed E-state index contributed by atoms with van der Waals surface area (Å²) in [6, 6.07) is 7.41. The van der Waals surface area contributed by atoms with E-state index in [1.165, 1.54) is 10.9 Å². The molecule has 0 aliphatic carbocycles. The number of fused-ring (bicyclic) bond motifs is 1. The topological polar surface area (TPSA) is 76.0 Å². The summed E-state index contributed by atoms with van der Waals surface area (Å²) < 4.78 is 1.36. The average Bonchev–Trinajstić information content (AvgIpc) is 2.56. The van der Waals surface area contributed by atoms with Crippen LogP contribution in [0, 0.1) is 5.41 Å². The highest BCUT2D eigenvalue weighted by molar-refractivity contribution is 5.78. The monoisotopic (exact) mass is 328 g/mol. The van der Waals surface area contributed by atoms with E-state index in [9.17, 15) is 9.59 Å². The lowest BCUT2D eigenvalue weighted by Gasteiger charge is -2.39. The van der Waals surface area contributed by atoms with Gasteiger partial charge in [-0.25, -0.2) is 4.98 Å². The third-order valence-electron chi connectivity index (χ3n) is 4.88. The lowest BCUT2D eigenvalue weighted by atomic mass is 9.77. The lowest BCUT2D eigenvalue weighted by molar-refractivity contribution is -0.122. The largest absolute Gasteiger partial charge is 0.353 e. The number of piperidine rings is 1. The molecule has 1 unspecified atom stereocenters. The number of para-hydroxylation sites is 1. The van der Waals surface area contributed by atoms with Crippen LogP contribution in [0.3, 0.4) is 0 Å². The summed E-state index contributed by atoms with van der Waals surface area (Å²) in [6.45, 7) is 5.98. The van der Waals surface area contributed by atoms with Crippen molar-refractivity contribution in [2.75, 3.05) is 13.1 Å². The number of nitrogens with one attached hydrogen (secondary N) is 2. The van der Waals surface area contributed by atoms with Crippen LogP contribution < -0.4 is 16.2 Å². The Morgan fingerprint density at radius 2 is 2.21 bits per heavy atom. The van der Waals surface area contributed by atoms with Gasteiger partial charge in [-0.3, -0.25) is 14.2 Å². The third-order valence-corrected chi connectivity index (χ3v) is 4.88. The van der Waals surface area contributed by atoms with Gasteiger partial charge in [0, 0.05) is 12.6 Å². The summed E-state index contributed by atoms with van der Waals surface area (Å²) in [5.41, 5.74) is 0.617. The van der Waals surface area contributed by atoms with Crippen molar-refractivity contribution in [2.24, 2.45) is 5.41 Å². The van der Waals surface area contributed by atoms with Gasteiger partial charge < -0.3 is 10.6 Å². The molecule has 1 atom stereocenters. The van der Waals surface area contributed by atoms with E-state index < -0.39 is 0 Å². The van der Waals surface area contributed by atoms with Gasteiger partial charge in [0.2, 0.25) is 5.91 Å². The zero-order chi connectivity index (χ0) is 17.2. The molecule has 24 heavy (non-hydrogen) atoms. The number of amides is 1. The molecule has 2 heterocycles. The average molecular weight is 328 g/mol. The van der Waals surface area contributed by atoms with E-state index in [-0.39, 0.29) is 29.5 Å². The standard InChI is InChI=1S/C18H24N4O2/c1-18(2)8-5-9-19-15(18)10-20-16(23)11-22-12-21-14-7-4-3-6-13(14)17(22)24/h3-4,6-7,12,15,19H,5,8-11H2,1-2H3,(H,20,23). The minimum absolute atomic E-state index is 0.0101. The normalized spacial score (nSPS) is 20.0. The van der Waals surface area contributed by atoms with Crippen LogP contribution in [0.15, 0.2) is 35.4 Å². The Bertz CT molecular complexity index is 797. The Morgan fingerprint density at radius 3 is 3.00 bits per heavy atom. The fourth-order valence-electron chi connectivity index (χ4n) is 3.26. The molecule has 6 nitrogen and oxygen atoms in total. The molecule has 3 rings (SSSR count). The second kappa shape index (κ2) is 6.73. The molecule has 128 valence electrons. The van der Waals surface area contributed by atoms with Crippen LogP contribution in [0.25, 0.3) is 10.9 Å². The molecule has 0 spiro atoms. The molecule has 1 aliphatic heterocycles. The minimum Gasteiger partial charge on any atom is -0.353 e. The van der Waals surface area contributed by atoms with Crippen LogP contribution in [-0.2, 0) is 11.3 Å². The van der Waals surface area contributed by atoms with Crippen molar-refractivity contribution >= 4 is 16.8 Å². The van der Waals surface area contributed by atoms with Crippen molar-refractivity contribution < 1.29 is 4.79 Å². The summed E-state index contributed by atoms with van der Waals surface area (Å²) in [5, 5.41) is 6.94. The summed E-state index contributed by atoms with van der Waals surface area (Å²) in [5.74, 6) is -0.169.